The number of hydrogen-bond donors (Lipinski definition) is 4. The van der Waals surface area contributed by atoms with Gasteiger partial charge in [-0.25, -0.2) is 0 Å². The number of rotatable bonds is 8. The van der Waals surface area contributed by atoms with Crippen molar-refractivity contribution >= 4 is 0 Å². The highest BCUT2D eigenvalue weighted by molar-refractivity contribution is 5.45. The van der Waals surface area contributed by atoms with Crippen molar-refractivity contribution in [3.8, 4) is 23.0 Å². The summed E-state index contributed by atoms with van der Waals surface area (Å²) in [5.74, 6) is 2.21. The molecule has 5 rings (SSSR count). The largest absolute Gasteiger partial charge is 0.493 e. The van der Waals surface area contributed by atoms with Crippen molar-refractivity contribution in [3.05, 3.63) is 47.5 Å². The van der Waals surface area contributed by atoms with Crippen molar-refractivity contribution in [2.45, 2.75) is 42.9 Å². The van der Waals surface area contributed by atoms with Crippen LogP contribution in [-0.4, -0.2) is 92.3 Å². The van der Waals surface area contributed by atoms with Gasteiger partial charge in [0.05, 0.1) is 53.4 Å². The van der Waals surface area contributed by atoms with E-state index in [1.807, 2.05) is 24.3 Å². The maximum Gasteiger partial charge on any atom is 0.229 e. The van der Waals surface area contributed by atoms with Crippen molar-refractivity contribution in [2.24, 2.45) is 11.8 Å². The summed E-state index contributed by atoms with van der Waals surface area (Å²) in [7, 11) is 4.69. The van der Waals surface area contributed by atoms with E-state index in [2.05, 4.69) is 0 Å². The lowest BCUT2D eigenvalue weighted by molar-refractivity contribution is -0.277. The van der Waals surface area contributed by atoms with Gasteiger partial charge in [-0.2, -0.15) is 0 Å². The Bertz CT molecular complexity index is 1110. The highest BCUT2D eigenvalue weighted by Gasteiger charge is 2.49. The Hall–Kier alpha value is -2.64. The van der Waals surface area contributed by atoms with Crippen LogP contribution >= 0.6 is 0 Å². The third-order valence-corrected chi connectivity index (χ3v) is 7.61. The summed E-state index contributed by atoms with van der Waals surface area (Å²) in [4.78, 5) is 0. The zero-order valence-corrected chi connectivity index (χ0v) is 21.4. The van der Waals surface area contributed by atoms with Gasteiger partial charge in [0.15, 0.2) is 23.0 Å². The van der Waals surface area contributed by atoms with Crippen LogP contribution in [0.25, 0.3) is 0 Å². The first-order chi connectivity index (χ1) is 18.4. The summed E-state index contributed by atoms with van der Waals surface area (Å²) >= 11 is 0. The quantitative estimate of drug-likeness (QED) is 0.384. The van der Waals surface area contributed by atoms with E-state index in [1.165, 1.54) is 7.11 Å². The van der Waals surface area contributed by atoms with E-state index in [0.29, 0.717) is 30.5 Å². The number of hydrogen-bond acceptors (Lipinski definition) is 11. The first-order valence-corrected chi connectivity index (χ1v) is 12.5. The summed E-state index contributed by atoms with van der Waals surface area (Å²) in [6.45, 7) is 0.508. The first-order valence-electron chi connectivity index (χ1n) is 12.5. The summed E-state index contributed by atoms with van der Waals surface area (Å²) in [5, 5.41) is 39.8. The third kappa shape index (κ3) is 4.79. The van der Waals surface area contributed by atoms with Crippen LogP contribution in [-0.2, 0) is 14.2 Å². The lowest BCUT2D eigenvalue weighted by Crippen LogP contribution is -2.60. The molecule has 0 saturated carbocycles. The molecule has 0 aromatic heterocycles. The summed E-state index contributed by atoms with van der Waals surface area (Å²) in [6, 6.07) is 11.1. The molecule has 0 bridgehead atoms. The Morgan fingerprint density at radius 2 is 1.24 bits per heavy atom. The van der Waals surface area contributed by atoms with Crippen LogP contribution in [0.4, 0.5) is 0 Å². The van der Waals surface area contributed by atoms with Crippen molar-refractivity contribution in [3.63, 3.8) is 0 Å². The van der Waals surface area contributed by atoms with E-state index >= 15 is 0 Å². The van der Waals surface area contributed by atoms with Crippen LogP contribution in [0.1, 0.15) is 23.3 Å². The van der Waals surface area contributed by atoms with E-state index in [1.54, 1.807) is 26.4 Å². The molecule has 0 spiro atoms. The second-order valence-electron chi connectivity index (χ2n) is 9.68. The molecule has 2 aromatic carbocycles. The maximum absolute atomic E-state index is 10.3. The molecule has 3 fully saturated rings. The molecule has 3 saturated heterocycles. The zero-order valence-electron chi connectivity index (χ0n) is 21.4. The number of ether oxygens (including phenoxy) is 7. The standard InChI is InChI=1S/C27H34O11/c1-32-17-6-4-13(8-19(17)33-2)25-15-11-36-26(16(15)12-35-25)14-5-7-18(20(9-14)34-3)37-27-24(31)23(30)22(29)21(10-28)38-27/h4-9,15-16,21-31H,10-12H2,1-3H3/t15-,16-,21-,22-,23+,24-,25+,26+,27-/m1/s1. The van der Waals surface area contributed by atoms with E-state index in [-0.39, 0.29) is 29.8 Å². The number of aliphatic hydroxyl groups excluding tert-OH is 4. The predicted octanol–water partition coefficient (Wildman–Crippen LogP) is 0.966. The Labute approximate surface area is 220 Å². The Kier molecular flexibility index (Phi) is 7.96. The van der Waals surface area contributed by atoms with Crippen LogP contribution in [0.3, 0.4) is 0 Å². The fourth-order valence-electron chi connectivity index (χ4n) is 5.51. The predicted molar refractivity (Wildman–Crippen MR) is 131 cm³/mol. The molecule has 11 nitrogen and oxygen atoms in total. The van der Waals surface area contributed by atoms with Gasteiger partial charge in [-0.1, -0.05) is 12.1 Å². The Morgan fingerprint density at radius 1 is 0.711 bits per heavy atom. The Morgan fingerprint density at radius 3 is 1.76 bits per heavy atom. The van der Waals surface area contributed by atoms with Crippen molar-refractivity contribution in [1.29, 1.82) is 0 Å². The van der Waals surface area contributed by atoms with E-state index < -0.39 is 37.3 Å². The number of methoxy groups -OCH3 is 3. The molecule has 0 aliphatic carbocycles. The Balaban J connectivity index is 1.31. The fourth-order valence-corrected chi connectivity index (χ4v) is 5.51. The summed E-state index contributed by atoms with van der Waals surface area (Å²) < 4.78 is 40.1. The van der Waals surface area contributed by atoms with Gasteiger partial charge in [0.2, 0.25) is 6.29 Å². The van der Waals surface area contributed by atoms with Crippen LogP contribution in [0.5, 0.6) is 23.0 Å². The average molecular weight is 535 g/mol. The molecule has 38 heavy (non-hydrogen) atoms. The molecule has 4 N–H and O–H groups in total. The fraction of sp³-hybridized carbons (Fsp3) is 0.556. The van der Waals surface area contributed by atoms with Crippen molar-refractivity contribution in [2.75, 3.05) is 41.2 Å². The summed E-state index contributed by atoms with van der Waals surface area (Å²) in [5.41, 5.74) is 1.88. The molecule has 0 amide bonds. The second kappa shape index (κ2) is 11.2. The van der Waals surface area contributed by atoms with Crippen molar-refractivity contribution in [1.82, 2.24) is 0 Å². The minimum atomic E-state index is -1.54. The van der Waals surface area contributed by atoms with Crippen LogP contribution in [0.15, 0.2) is 36.4 Å². The van der Waals surface area contributed by atoms with Gasteiger partial charge in [-0.15, -0.1) is 0 Å². The van der Waals surface area contributed by atoms with Gasteiger partial charge < -0.3 is 53.6 Å². The van der Waals surface area contributed by atoms with Crippen LogP contribution in [0.2, 0.25) is 0 Å². The van der Waals surface area contributed by atoms with E-state index in [9.17, 15) is 20.4 Å². The molecule has 208 valence electrons. The smallest absolute Gasteiger partial charge is 0.229 e. The lowest BCUT2D eigenvalue weighted by Gasteiger charge is -2.39. The molecule has 0 radical (unpaired) electrons. The molecule has 0 unspecified atom stereocenters. The molecule has 9 atom stereocenters. The molecule has 11 heteroatoms. The average Bonchev–Trinajstić information content (AvgIpc) is 3.55. The molecular weight excluding hydrogens is 500 g/mol. The highest BCUT2D eigenvalue weighted by Crippen LogP contribution is 2.51. The van der Waals surface area contributed by atoms with Gasteiger partial charge >= 0.3 is 0 Å². The number of benzene rings is 2. The van der Waals surface area contributed by atoms with Crippen LogP contribution < -0.4 is 18.9 Å². The minimum absolute atomic E-state index is 0.120. The zero-order chi connectivity index (χ0) is 27.0. The molecular formula is C27H34O11. The topological polar surface area (TPSA) is 146 Å². The summed E-state index contributed by atoms with van der Waals surface area (Å²) in [6.07, 6.45) is -7.29. The SMILES string of the molecule is COc1ccc([C@@H]2OC[C@@H]3[C@H]2CO[C@H]3c2ccc(O[C@@H]3O[C@H](CO)[C@@H](O)[C@H](O)[C@H]3O)c(OC)c2)cc1OC. The molecule has 3 heterocycles. The normalized spacial score (nSPS) is 34.6. The maximum atomic E-state index is 10.3. The minimum Gasteiger partial charge on any atom is -0.493 e. The first kappa shape index (κ1) is 26.9. The van der Waals surface area contributed by atoms with Crippen LogP contribution in [0, 0.1) is 11.8 Å². The lowest BCUT2D eigenvalue weighted by atomic mass is 9.85. The third-order valence-electron chi connectivity index (χ3n) is 7.61. The number of fused-ring (bicyclic) bond motifs is 1. The van der Waals surface area contributed by atoms with Gasteiger partial charge in [-0.05, 0) is 35.4 Å². The second-order valence-corrected chi connectivity index (χ2v) is 9.68. The van der Waals surface area contributed by atoms with Gasteiger partial charge in [0, 0.05) is 11.8 Å². The van der Waals surface area contributed by atoms with E-state index in [4.69, 9.17) is 33.2 Å². The van der Waals surface area contributed by atoms with Gasteiger partial charge in [0.25, 0.3) is 0 Å². The number of aliphatic hydroxyl groups is 4. The van der Waals surface area contributed by atoms with E-state index in [0.717, 1.165) is 11.1 Å². The van der Waals surface area contributed by atoms with Gasteiger partial charge in [0.1, 0.15) is 24.4 Å². The molecule has 2 aromatic rings. The molecule has 3 aliphatic heterocycles. The van der Waals surface area contributed by atoms with Crippen molar-refractivity contribution < 1.29 is 53.6 Å². The van der Waals surface area contributed by atoms with Gasteiger partial charge in [-0.3, -0.25) is 0 Å². The molecule has 3 aliphatic rings. The monoisotopic (exact) mass is 534 g/mol. The highest BCUT2D eigenvalue weighted by atomic mass is 16.7.